The summed E-state index contributed by atoms with van der Waals surface area (Å²) in [5.41, 5.74) is 1.08. The molecule has 0 bridgehead atoms. The Hall–Kier alpha value is -1.07. The summed E-state index contributed by atoms with van der Waals surface area (Å²) in [5.74, 6) is 0.784. The van der Waals surface area contributed by atoms with Crippen LogP contribution >= 0.6 is 10.7 Å². The number of nitrogens with zero attached hydrogens (tertiary/aromatic N) is 1. The van der Waals surface area contributed by atoms with Crippen LogP contribution in [0.15, 0.2) is 23.1 Å². The fourth-order valence-corrected chi connectivity index (χ4v) is 3.35. The number of amides is 1. The van der Waals surface area contributed by atoms with Crippen LogP contribution in [0.3, 0.4) is 0 Å². The summed E-state index contributed by atoms with van der Waals surface area (Å²) in [6.45, 7) is 7.39. The summed E-state index contributed by atoms with van der Waals surface area (Å²) in [6.07, 6.45) is 0. The zero-order chi connectivity index (χ0) is 15.1. The van der Waals surface area contributed by atoms with Gasteiger partial charge in [0.1, 0.15) is 0 Å². The molecule has 1 aliphatic heterocycles. The fourth-order valence-electron chi connectivity index (χ4n) is 2.49. The van der Waals surface area contributed by atoms with Crippen molar-refractivity contribution in [2.45, 2.75) is 25.7 Å². The Balaban J connectivity index is 2.34. The van der Waals surface area contributed by atoms with E-state index in [0.29, 0.717) is 36.1 Å². The SMILES string of the molecule is Cc1cc(C(=O)N2CC(C)C(C)C2)cc(S(=O)(=O)Cl)c1. The quantitative estimate of drug-likeness (QED) is 0.788. The number of carbonyl (C=O) groups excluding carboxylic acids is 1. The molecule has 1 amide bonds. The number of rotatable bonds is 2. The molecule has 1 aromatic carbocycles. The van der Waals surface area contributed by atoms with E-state index in [2.05, 4.69) is 13.8 Å². The largest absolute Gasteiger partial charge is 0.338 e. The first kappa shape index (κ1) is 15.3. The van der Waals surface area contributed by atoms with E-state index in [-0.39, 0.29) is 10.8 Å². The Morgan fingerprint density at radius 2 is 1.75 bits per heavy atom. The summed E-state index contributed by atoms with van der Waals surface area (Å²) in [5, 5.41) is 0. The summed E-state index contributed by atoms with van der Waals surface area (Å²) in [6, 6.07) is 4.52. The molecule has 6 heteroatoms. The molecule has 0 radical (unpaired) electrons. The number of hydrogen-bond donors (Lipinski definition) is 0. The molecule has 110 valence electrons. The Kier molecular flexibility index (Phi) is 4.12. The van der Waals surface area contributed by atoms with Crippen molar-refractivity contribution in [1.29, 1.82) is 0 Å². The van der Waals surface area contributed by atoms with Crippen molar-refractivity contribution < 1.29 is 13.2 Å². The number of hydrogen-bond acceptors (Lipinski definition) is 3. The van der Waals surface area contributed by atoms with Gasteiger partial charge in [0.2, 0.25) is 0 Å². The zero-order valence-corrected chi connectivity index (χ0v) is 13.3. The van der Waals surface area contributed by atoms with Crippen LogP contribution in [0.5, 0.6) is 0 Å². The van der Waals surface area contributed by atoms with E-state index in [9.17, 15) is 13.2 Å². The molecule has 0 aliphatic carbocycles. The van der Waals surface area contributed by atoms with Crippen molar-refractivity contribution in [2.75, 3.05) is 13.1 Å². The predicted molar refractivity (Wildman–Crippen MR) is 78.4 cm³/mol. The first-order valence-electron chi connectivity index (χ1n) is 6.54. The van der Waals surface area contributed by atoms with Crippen molar-refractivity contribution in [3.8, 4) is 0 Å². The van der Waals surface area contributed by atoms with E-state index in [0.717, 1.165) is 0 Å². The van der Waals surface area contributed by atoms with Crippen LogP contribution in [0.25, 0.3) is 0 Å². The molecule has 2 atom stereocenters. The highest BCUT2D eigenvalue weighted by atomic mass is 35.7. The minimum absolute atomic E-state index is 0.0252. The third-order valence-electron chi connectivity index (χ3n) is 3.85. The molecule has 0 spiro atoms. The van der Waals surface area contributed by atoms with E-state index in [1.807, 2.05) is 0 Å². The highest BCUT2D eigenvalue weighted by Crippen LogP contribution is 2.25. The van der Waals surface area contributed by atoms with Gasteiger partial charge in [0.25, 0.3) is 15.0 Å². The third-order valence-corrected chi connectivity index (χ3v) is 5.19. The third kappa shape index (κ3) is 3.15. The summed E-state index contributed by atoms with van der Waals surface area (Å²) in [7, 11) is 1.54. The Morgan fingerprint density at radius 1 is 1.20 bits per heavy atom. The van der Waals surface area contributed by atoms with Gasteiger partial charge in [0, 0.05) is 29.3 Å². The maximum Gasteiger partial charge on any atom is 0.261 e. The van der Waals surface area contributed by atoms with Gasteiger partial charge < -0.3 is 4.90 Å². The molecule has 0 saturated carbocycles. The lowest BCUT2D eigenvalue weighted by atomic mass is 10.0. The van der Waals surface area contributed by atoms with Crippen molar-refractivity contribution >= 4 is 25.6 Å². The lowest BCUT2D eigenvalue weighted by Gasteiger charge is -2.16. The van der Waals surface area contributed by atoms with Crippen LogP contribution in [0, 0.1) is 18.8 Å². The molecule has 2 unspecified atom stereocenters. The number of benzene rings is 1. The molecule has 1 saturated heterocycles. The predicted octanol–water partition coefficient (Wildman–Crippen LogP) is 2.65. The number of aryl methyl sites for hydroxylation is 1. The van der Waals surface area contributed by atoms with Crippen molar-refractivity contribution in [3.05, 3.63) is 29.3 Å². The van der Waals surface area contributed by atoms with Crippen LogP contribution in [-0.4, -0.2) is 32.3 Å². The standard InChI is InChI=1S/C14H18ClNO3S/c1-9-4-12(6-13(5-9)20(15,18)19)14(17)16-7-10(2)11(3)8-16/h4-6,10-11H,7-8H2,1-3H3. The van der Waals surface area contributed by atoms with E-state index < -0.39 is 9.05 Å². The molecule has 2 rings (SSSR count). The van der Waals surface area contributed by atoms with Gasteiger partial charge in [-0.3, -0.25) is 4.79 Å². The molecule has 0 aromatic heterocycles. The number of carbonyl (C=O) groups is 1. The topological polar surface area (TPSA) is 54.5 Å². The minimum Gasteiger partial charge on any atom is -0.338 e. The first-order valence-corrected chi connectivity index (χ1v) is 8.85. The normalized spacial score (nSPS) is 23.1. The maximum atomic E-state index is 12.5. The molecule has 4 nitrogen and oxygen atoms in total. The summed E-state index contributed by atoms with van der Waals surface area (Å²) < 4.78 is 22.9. The average Bonchev–Trinajstić information content (AvgIpc) is 2.67. The van der Waals surface area contributed by atoms with Crippen molar-refractivity contribution in [2.24, 2.45) is 11.8 Å². The smallest absolute Gasteiger partial charge is 0.261 e. The fraction of sp³-hybridized carbons (Fsp3) is 0.500. The highest BCUT2D eigenvalue weighted by Gasteiger charge is 2.30. The van der Waals surface area contributed by atoms with E-state index >= 15 is 0 Å². The molecular formula is C14H18ClNO3S. The van der Waals surface area contributed by atoms with Gasteiger partial charge >= 0.3 is 0 Å². The lowest BCUT2D eigenvalue weighted by Crippen LogP contribution is -2.29. The highest BCUT2D eigenvalue weighted by molar-refractivity contribution is 8.13. The van der Waals surface area contributed by atoms with Gasteiger partial charge in [-0.15, -0.1) is 0 Å². The Bertz CT molecular complexity index is 632. The van der Waals surface area contributed by atoms with E-state index in [1.54, 1.807) is 17.9 Å². The second-order valence-corrected chi connectivity index (χ2v) is 8.20. The van der Waals surface area contributed by atoms with Gasteiger partial charge in [-0.25, -0.2) is 8.42 Å². The van der Waals surface area contributed by atoms with Crippen LogP contribution in [0.2, 0.25) is 0 Å². The van der Waals surface area contributed by atoms with Gasteiger partial charge in [-0.05, 0) is 42.5 Å². The second-order valence-electron chi connectivity index (χ2n) is 5.64. The summed E-state index contributed by atoms with van der Waals surface area (Å²) in [4.78, 5) is 14.2. The molecule has 1 heterocycles. The monoisotopic (exact) mass is 315 g/mol. The molecule has 1 aromatic rings. The molecule has 20 heavy (non-hydrogen) atoms. The van der Waals surface area contributed by atoms with Gasteiger partial charge in [0.15, 0.2) is 0 Å². The molecule has 1 fully saturated rings. The van der Waals surface area contributed by atoms with Crippen molar-refractivity contribution in [3.63, 3.8) is 0 Å². The van der Waals surface area contributed by atoms with E-state index in [4.69, 9.17) is 10.7 Å². The maximum absolute atomic E-state index is 12.5. The number of likely N-dealkylation sites (tertiary alicyclic amines) is 1. The van der Waals surface area contributed by atoms with Gasteiger partial charge in [0.05, 0.1) is 4.90 Å². The Morgan fingerprint density at radius 3 is 2.25 bits per heavy atom. The zero-order valence-electron chi connectivity index (χ0n) is 11.8. The molecule has 0 N–H and O–H groups in total. The van der Waals surface area contributed by atoms with E-state index in [1.165, 1.54) is 12.1 Å². The van der Waals surface area contributed by atoms with Gasteiger partial charge in [-0.1, -0.05) is 13.8 Å². The average molecular weight is 316 g/mol. The molecule has 1 aliphatic rings. The van der Waals surface area contributed by atoms with Crippen LogP contribution in [0.4, 0.5) is 0 Å². The van der Waals surface area contributed by atoms with Crippen LogP contribution in [0.1, 0.15) is 29.8 Å². The minimum atomic E-state index is -3.82. The number of halogens is 1. The second kappa shape index (κ2) is 5.37. The van der Waals surface area contributed by atoms with Crippen LogP contribution < -0.4 is 0 Å². The molecular weight excluding hydrogens is 298 g/mol. The van der Waals surface area contributed by atoms with Crippen molar-refractivity contribution in [1.82, 2.24) is 4.90 Å². The Labute approximate surface area is 124 Å². The van der Waals surface area contributed by atoms with Gasteiger partial charge in [-0.2, -0.15) is 0 Å². The lowest BCUT2D eigenvalue weighted by molar-refractivity contribution is 0.0784. The first-order chi connectivity index (χ1) is 9.18. The summed E-state index contributed by atoms with van der Waals surface area (Å²) >= 11 is 0. The van der Waals surface area contributed by atoms with Crippen LogP contribution in [-0.2, 0) is 9.05 Å².